The Kier molecular flexibility index (Phi) is 6.45. The number of carbonyl (C=O) groups is 1. The van der Waals surface area contributed by atoms with E-state index in [0.717, 1.165) is 22.3 Å². The smallest absolute Gasteiger partial charge is 0.279 e. The number of sulfonamides is 1. The molecule has 0 radical (unpaired) electrons. The van der Waals surface area contributed by atoms with Gasteiger partial charge in [0.2, 0.25) is 10.0 Å². The average molecular weight is 391 g/mol. The minimum atomic E-state index is -3.68. The van der Waals surface area contributed by atoms with E-state index in [1.165, 1.54) is 26.2 Å². The molecule has 1 amide bonds. The van der Waals surface area contributed by atoms with Gasteiger partial charge in [0.05, 0.1) is 5.02 Å². The molecule has 0 spiro atoms. The minimum Gasteiger partial charge on any atom is -0.364 e. The minimum absolute atomic E-state index is 0.0297. The number of anilines is 1. The van der Waals surface area contributed by atoms with Crippen LogP contribution >= 0.6 is 11.6 Å². The van der Waals surface area contributed by atoms with Crippen LogP contribution in [0.25, 0.3) is 0 Å². The summed E-state index contributed by atoms with van der Waals surface area (Å²) in [4.78, 5) is 13.4. The molecule has 1 saturated heterocycles. The fourth-order valence-corrected chi connectivity index (χ4v) is 4.34. The molecule has 7 nitrogen and oxygen atoms in total. The highest BCUT2D eigenvalue weighted by Crippen LogP contribution is 2.26. The Morgan fingerprint density at radius 3 is 2.48 bits per heavy atom. The van der Waals surface area contributed by atoms with Crippen molar-refractivity contribution in [2.24, 2.45) is 0 Å². The van der Waals surface area contributed by atoms with E-state index >= 15 is 0 Å². The quantitative estimate of drug-likeness (QED) is 0.753. The van der Waals surface area contributed by atoms with E-state index in [1.807, 2.05) is 13.8 Å². The molecule has 0 saturated carbocycles. The van der Waals surface area contributed by atoms with Crippen molar-refractivity contribution in [3.8, 4) is 0 Å². The van der Waals surface area contributed by atoms with Gasteiger partial charge in [-0.05, 0) is 32.0 Å². The Morgan fingerprint density at radius 1 is 1.32 bits per heavy atom. The van der Waals surface area contributed by atoms with Crippen LogP contribution in [0.15, 0.2) is 23.1 Å². The molecule has 2 N–H and O–H groups in total. The Hall–Kier alpha value is -1.19. The summed E-state index contributed by atoms with van der Waals surface area (Å²) >= 11 is 6.01. The zero-order chi connectivity index (χ0) is 18.8. The zero-order valence-corrected chi connectivity index (χ0v) is 16.4. The maximum absolute atomic E-state index is 12.3. The number of benzene rings is 1. The van der Waals surface area contributed by atoms with E-state index in [-0.39, 0.29) is 28.0 Å². The van der Waals surface area contributed by atoms with Crippen LogP contribution in [0.4, 0.5) is 5.69 Å². The predicted molar refractivity (Wildman–Crippen MR) is 96.5 cm³/mol. The summed E-state index contributed by atoms with van der Waals surface area (Å²) in [7, 11) is -0.816. The van der Waals surface area contributed by atoms with Crippen LogP contribution in [0, 0.1) is 0 Å². The third kappa shape index (κ3) is 5.15. The Morgan fingerprint density at radius 2 is 1.92 bits per heavy atom. The van der Waals surface area contributed by atoms with Crippen molar-refractivity contribution >= 4 is 33.2 Å². The number of rotatable bonds is 5. The van der Waals surface area contributed by atoms with E-state index in [4.69, 9.17) is 16.3 Å². The van der Waals surface area contributed by atoms with Gasteiger partial charge in [0.15, 0.2) is 6.54 Å². The summed E-state index contributed by atoms with van der Waals surface area (Å²) < 4.78 is 31.3. The first-order valence-electron chi connectivity index (χ1n) is 8.10. The van der Waals surface area contributed by atoms with Gasteiger partial charge in [-0.1, -0.05) is 11.6 Å². The van der Waals surface area contributed by atoms with Crippen molar-refractivity contribution in [3.63, 3.8) is 0 Å². The van der Waals surface area contributed by atoms with Crippen LogP contribution in [0.5, 0.6) is 0 Å². The molecule has 2 rings (SSSR count). The number of nitrogens with one attached hydrogen (secondary N) is 2. The largest absolute Gasteiger partial charge is 0.364 e. The summed E-state index contributed by atoms with van der Waals surface area (Å²) in [5.74, 6) is -0.174. The maximum Gasteiger partial charge on any atom is 0.279 e. The summed E-state index contributed by atoms with van der Waals surface area (Å²) in [5.41, 5.74) is 0.406. The van der Waals surface area contributed by atoms with Crippen molar-refractivity contribution < 1.29 is 22.8 Å². The number of hydrogen-bond donors (Lipinski definition) is 2. The second-order valence-electron chi connectivity index (χ2n) is 6.57. The van der Waals surface area contributed by atoms with E-state index < -0.39 is 10.0 Å². The Balaban J connectivity index is 2.09. The van der Waals surface area contributed by atoms with Crippen molar-refractivity contribution in [1.29, 1.82) is 0 Å². The van der Waals surface area contributed by atoms with Crippen molar-refractivity contribution in [1.82, 2.24) is 4.31 Å². The van der Waals surface area contributed by atoms with Gasteiger partial charge in [-0.2, -0.15) is 0 Å². The number of quaternary nitrogens is 1. The van der Waals surface area contributed by atoms with Crippen LogP contribution in [-0.4, -0.2) is 64.6 Å². The standard InChI is InChI=1S/C16H24ClN3O4S/c1-11-8-20(9-12(2)24-11)10-16(21)18-13-5-6-14(17)15(7-13)25(22,23)19(3)4/h5-7,11-12H,8-10H2,1-4H3,(H,18,21)/p+1/t11-,12+. The molecule has 1 aliphatic rings. The third-order valence-corrected chi connectivity index (χ3v) is 6.30. The lowest BCUT2D eigenvalue weighted by Crippen LogP contribution is -3.16. The molecular formula is C16H25ClN3O4S+. The number of nitrogens with zero attached hydrogens (tertiary/aromatic N) is 1. The van der Waals surface area contributed by atoms with Crippen LogP contribution in [0.2, 0.25) is 5.02 Å². The lowest BCUT2D eigenvalue weighted by atomic mass is 10.2. The Bertz CT molecular complexity index is 729. The Labute approximate surface area is 153 Å². The summed E-state index contributed by atoms with van der Waals surface area (Å²) in [6.45, 7) is 5.81. The van der Waals surface area contributed by atoms with E-state index in [9.17, 15) is 13.2 Å². The molecule has 1 aromatic rings. The van der Waals surface area contributed by atoms with Crippen molar-refractivity contribution in [3.05, 3.63) is 23.2 Å². The highest BCUT2D eigenvalue weighted by atomic mass is 35.5. The lowest BCUT2D eigenvalue weighted by molar-refractivity contribution is -0.907. The second-order valence-corrected chi connectivity index (χ2v) is 9.10. The van der Waals surface area contributed by atoms with Crippen molar-refractivity contribution in [2.45, 2.75) is 31.0 Å². The SMILES string of the molecule is C[C@@H]1C[NH+](CC(=O)Nc2ccc(Cl)c(S(=O)(=O)N(C)C)c2)C[C@H](C)O1. The molecule has 140 valence electrons. The fourth-order valence-electron chi connectivity index (χ4n) is 2.94. The van der Waals surface area contributed by atoms with Gasteiger partial charge >= 0.3 is 0 Å². The molecule has 1 heterocycles. The number of carbonyl (C=O) groups excluding carboxylic acids is 1. The van der Waals surface area contributed by atoms with Gasteiger partial charge in [-0.3, -0.25) is 4.79 Å². The number of amides is 1. The van der Waals surface area contributed by atoms with E-state index in [0.29, 0.717) is 12.2 Å². The predicted octanol–water partition coefficient (Wildman–Crippen LogP) is 0.221. The molecule has 0 aromatic heterocycles. The first-order valence-corrected chi connectivity index (χ1v) is 9.92. The molecule has 1 aromatic carbocycles. The molecule has 0 aliphatic carbocycles. The number of halogens is 1. The first kappa shape index (κ1) is 20.1. The van der Waals surface area contributed by atoms with Crippen LogP contribution in [-0.2, 0) is 19.6 Å². The average Bonchev–Trinajstić information content (AvgIpc) is 2.47. The molecule has 3 atom stereocenters. The van der Waals surface area contributed by atoms with Crippen LogP contribution in [0.1, 0.15) is 13.8 Å². The molecule has 0 bridgehead atoms. The highest BCUT2D eigenvalue weighted by Gasteiger charge is 2.27. The molecule has 1 aliphatic heterocycles. The lowest BCUT2D eigenvalue weighted by Gasteiger charge is -2.31. The topological polar surface area (TPSA) is 80.2 Å². The van der Waals surface area contributed by atoms with Crippen molar-refractivity contribution in [2.75, 3.05) is 39.0 Å². The molecule has 9 heteroatoms. The molecule has 1 unspecified atom stereocenters. The van der Waals surface area contributed by atoms with Crippen LogP contribution < -0.4 is 10.2 Å². The van der Waals surface area contributed by atoms with Gasteiger partial charge < -0.3 is 15.0 Å². The molecule has 25 heavy (non-hydrogen) atoms. The third-order valence-electron chi connectivity index (χ3n) is 4.00. The monoisotopic (exact) mass is 390 g/mol. The summed E-state index contributed by atoms with van der Waals surface area (Å²) in [5, 5.41) is 2.87. The van der Waals surface area contributed by atoms with Crippen LogP contribution in [0.3, 0.4) is 0 Å². The fraction of sp³-hybridized carbons (Fsp3) is 0.562. The number of morpholine rings is 1. The number of hydrogen-bond acceptors (Lipinski definition) is 4. The maximum atomic E-state index is 12.3. The van der Waals surface area contributed by atoms with Gasteiger partial charge in [0.25, 0.3) is 5.91 Å². The molecular weight excluding hydrogens is 366 g/mol. The van der Waals surface area contributed by atoms with Gasteiger partial charge in [0.1, 0.15) is 30.2 Å². The number of ether oxygens (including phenoxy) is 1. The highest BCUT2D eigenvalue weighted by molar-refractivity contribution is 7.89. The van der Waals surface area contributed by atoms with Gasteiger partial charge in [-0.15, -0.1) is 0 Å². The van der Waals surface area contributed by atoms with Gasteiger partial charge in [-0.25, -0.2) is 12.7 Å². The second kappa shape index (κ2) is 8.01. The van der Waals surface area contributed by atoms with E-state index in [1.54, 1.807) is 6.07 Å². The van der Waals surface area contributed by atoms with E-state index in [2.05, 4.69) is 5.32 Å². The normalized spacial score (nSPS) is 24.3. The molecule has 1 fully saturated rings. The van der Waals surface area contributed by atoms with Gasteiger partial charge in [0, 0.05) is 19.8 Å². The zero-order valence-electron chi connectivity index (χ0n) is 14.9. The summed E-state index contributed by atoms with van der Waals surface area (Å²) in [6, 6.07) is 4.45. The first-order chi connectivity index (χ1) is 11.6. The summed E-state index contributed by atoms with van der Waals surface area (Å²) in [6.07, 6.45) is 0.220.